The number of fused-ring (bicyclic) bond motifs is 1. The molecule has 2 aromatic carbocycles. The average molecular weight is 279 g/mol. The standard InChI is InChI=1S/C20H25N/c1-15-6-5-7-16(12-15)13-20(21-2)19-11-10-17-8-3-4-9-18(17)14-19/h3-9,12,19-21H,10-11,13-14H2,1-2H3. The lowest BCUT2D eigenvalue weighted by Crippen LogP contribution is -2.38. The van der Waals surface area contributed by atoms with Crippen molar-refractivity contribution < 1.29 is 0 Å². The molecule has 2 unspecified atom stereocenters. The van der Waals surface area contributed by atoms with Gasteiger partial charge in [-0.05, 0) is 62.3 Å². The first-order valence-corrected chi connectivity index (χ1v) is 8.06. The smallest absolute Gasteiger partial charge is 0.0136 e. The highest BCUT2D eigenvalue weighted by Crippen LogP contribution is 2.28. The number of benzene rings is 2. The van der Waals surface area contributed by atoms with Crippen LogP contribution in [0.2, 0.25) is 0 Å². The number of rotatable bonds is 4. The molecule has 0 fully saturated rings. The monoisotopic (exact) mass is 279 g/mol. The lowest BCUT2D eigenvalue weighted by molar-refractivity contribution is 0.333. The Balaban J connectivity index is 1.73. The largest absolute Gasteiger partial charge is 0.316 e. The van der Waals surface area contributed by atoms with Gasteiger partial charge in [0.1, 0.15) is 0 Å². The molecule has 0 saturated carbocycles. The molecule has 21 heavy (non-hydrogen) atoms. The molecule has 0 heterocycles. The van der Waals surface area contributed by atoms with Gasteiger partial charge < -0.3 is 5.32 Å². The topological polar surface area (TPSA) is 12.0 Å². The van der Waals surface area contributed by atoms with Crippen LogP contribution >= 0.6 is 0 Å². The molecular formula is C20H25N. The third-order valence-corrected chi connectivity index (χ3v) is 4.86. The van der Waals surface area contributed by atoms with Gasteiger partial charge in [0.2, 0.25) is 0 Å². The Morgan fingerprint density at radius 3 is 2.67 bits per heavy atom. The van der Waals surface area contributed by atoms with Crippen LogP contribution in [0, 0.1) is 12.8 Å². The van der Waals surface area contributed by atoms with Crippen LogP contribution in [0.15, 0.2) is 48.5 Å². The zero-order valence-electron chi connectivity index (χ0n) is 13.1. The summed E-state index contributed by atoms with van der Waals surface area (Å²) in [6, 6.07) is 18.4. The van der Waals surface area contributed by atoms with E-state index in [1.165, 1.54) is 30.4 Å². The Hall–Kier alpha value is -1.60. The molecule has 2 aromatic rings. The first kappa shape index (κ1) is 14.3. The summed E-state index contributed by atoms with van der Waals surface area (Å²) in [6.45, 7) is 2.18. The maximum absolute atomic E-state index is 3.57. The number of hydrogen-bond acceptors (Lipinski definition) is 1. The van der Waals surface area contributed by atoms with Gasteiger partial charge in [0.25, 0.3) is 0 Å². The van der Waals surface area contributed by atoms with E-state index < -0.39 is 0 Å². The Morgan fingerprint density at radius 2 is 1.90 bits per heavy atom. The molecule has 2 atom stereocenters. The van der Waals surface area contributed by atoms with Crippen molar-refractivity contribution in [1.29, 1.82) is 0 Å². The van der Waals surface area contributed by atoms with Crippen molar-refractivity contribution in [1.82, 2.24) is 5.32 Å². The molecule has 3 rings (SSSR count). The molecule has 1 heteroatoms. The van der Waals surface area contributed by atoms with Crippen molar-refractivity contribution in [2.75, 3.05) is 7.05 Å². The highest BCUT2D eigenvalue weighted by Gasteiger charge is 2.25. The number of likely N-dealkylation sites (N-methyl/N-ethyl adjacent to an activating group) is 1. The lowest BCUT2D eigenvalue weighted by atomic mass is 9.78. The summed E-state index contributed by atoms with van der Waals surface area (Å²) in [4.78, 5) is 0. The normalized spacial score (nSPS) is 19.0. The molecule has 0 aliphatic heterocycles. The van der Waals surface area contributed by atoms with Gasteiger partial charge in [-0.3, -0.25) is 0 Å². The van der Waals surface area contributed by atoms with Crippen LogP contribution in [-0.2, 0) is 19.3 Å². The molecule has 0 amide bonds. The van der Waals surface area contributed by atoms with E-state index in [-0.39, 0.29) is 0 Å². The minimum Gasteiger partial charge on any atom is -0.316 e. The maximum atomic E-state index is 3.57. The number of nitrogens with one attached hydrogen (secondary N) is 1. The summed E-state index contributed by atoms with van der Waals surface area (Å²) in [7, 11) is 2.11. The van der Waals surface area contributed by atoms with Crippen molar-refractivity contribution in [2.45, 2.75) is 38.6 Å². The van der Waals surface area contributed by atoms with Crippen molar-refractivity contribution >= 4 is 0 Å². The first-order valence-electron chi connectivity index (χ1n) is 8.06. The van der Waals surface area contributed by atoms with Gasteiger partial charge >= 0.3 is 0 Å². The fourth-order valence-electron chi connectivity index (χ4n) is 3.67. The van der Waals surface area contributed by atoms with Gasteiger partial charge in [0, 0.05) is 6.04 Å². The maximum Gasteiger partial charge on any atom is 0.0136 e. The summed E-state index contributed by atoms with van der Waals surface area (Å²) >= 11 is 0. The fourth-order valence-corrected chi connectivity index (χ4v) is 3.67. The second kappa shape index (κ2) is 6.44. The molecule has 1 N–H and O–H groups in total. The minimum absolute atomic E-state index is 0.570. The Morgan fingerprint density at radius 1 is 1.10 bits per heavy atom. The summed E-state index contributed by atoms with van der Waals surface area (Å²) in [5.41, 5.74) is 5.92. The van der Waals surface area contributed by atoms with Crippen molar-refractivity contribution in [3.8, 4) is 0 Å². The number of aryl methyl sites for hydroxylation is 2. The Bertz CT molecular complexity index is 602. The third-order valence-electron chi connectivity index (χ3n) is 4.86. The van der Waals surface area contributed by atoms with Gasteiger partial charge in [0.15, 0.2) is 0 Å². The van der Waals surface area contributed by atoms with E-state index in [4.69, 9.17) is 0 Å². The second-order valence-corrected chi connectivity index (χ2v) is 6.36. The number of hydrogen-bond donors (Lipinski definition) is 1. The molecular weight excluding hydrogens is 254 g/mol. The second-order valence-electron chi connectivity index (χ2n) is 6.36. The van der Waals surface area contributed by atoms with Gasteiger partial charge in [0.05, 0.1) is 0 Å². The van der Waals surface area contributed by atoms with E-state index in [9.17, 15) is 0 Å². The molecule has 1 aliphatic carbocycles. The van der Waals surface area contributed by atoms with Crippen molar-refractivity contribution in [3.63, 3.8) is 0 Å². The molecule has 110 valence electrons. The van der Waals surface area contributed by atoms with E-state index in [0.717, 1.165) is 12.3 Å². The highest BCUT2D eigenvalue weighted by molar-refractivity contribution is 5.30. The van der Waals surface area contributed by atoms with Gasteiger partial charge in [-0.15, -0.1) is 0 Å². The van der Waals surface area contributed by atoms with E-state index in [2.05, 4.69) is 67.8 Å². The SMILES string of the molecule is CNC(Cc1cccc(C)c1)C1CCc2ccccc2C1. The first-order chi connectivity index (χ1) is 10.3. The van der Waals surface area contributed by atoms with E-state index in [0.29, 0.717) is 6.04 Å². The lowest BCUT2D eigenvalue weighted by Gasteiger charge is -2.31. The molecule has 0 spiro atoms. The summed E-state index contributed by atoms with van der Waals surface area (Å²) < 4.78 is 0. The third kappa shape index (κ3) is 3.36. The van der Waals surface area contributed by atoms with Crippen LogP contribution in [0.5, 0.6) is 0 Å². The zero-order valence-corrected chi connectivity index (χ0v) is 13.1. The quantitative estimate of drug-likeness (QED) is 0.894. The predicted molar refractivity (Wildman–Crippen MR) is 89.7 cm³/mol. The van der Waals surface area contributed by atoms with Crippen LogP contribution in [0.3, 0.4) is 0 Å². The van der Waals surface area contributed by atoms with E-state index >= 15 is 0 Å². The summed E-state index contributed by atoms with van der Waals surface area (Å²) in [6.07, 6.45) is 4.87. The minimum atomic E-state index is 0.570. The molecule has 0 radical (unpaired) electrons. The van der Waals surface area contributed by atoms with Gasteiger partial charge in [-0.2, -0.15) is 0 Å². The van der Waals surface area contributed by atoms with Crippen LogP contribution in [0.1, 0.15) is 28.7 Å². The van der Waals surface area contributed by atoms with Gasteiger partial charge in [-0.1, -0.05) is 54.1 Å². The Kier molecular flexibility index (Phi) is 4.40. The van der Waals surface area contributed by atoms with Crippen LogP contribution in [0.4, 0.5) is 0 Å². The van der Waals surface area contributed by atoms with Crippen LogP contribution in [0.25, 0.3) is 0 Å². The average Bonchev–Trinajstić information content (AvgIpc) is 2.52. The zero-order chi connectivity index (χ0) is 14.7. The fraction of sp³-hybridized carbons (Fsp3) is 0.400. The Labute approximate surface area is 128 Å². The molecule has 1 aliphatic rings. The van der Waals surface area contributed by atoms with Crippen molar-refractivity contribution in [3.05, 3.63) is 70.8 Å². The molecule has 0 bridgehead atoms. The van der Waals surface area contributed by atoms with Crippen molar-refractivity contribution in [2.24, 2.45) is 5.92 Å². The van der Waals surface area contributed by atoms with E-state index in [1.54, 1.807) is 11.1 Å². The molecule has 0 aromatic heterocycles. The van der Waals surface area contributed by atoms with Gasteiger partial charge in [-0.25, -0.2) is 0 Å². The predicted octanol–water partition coefficient (Wildman–Crippen LogP) is 3.93. The van der Waals surface area contributed by atoms with E-state index in [1.807, 2.05) is 0 Å². The summed E-state index contributed by atoms with van der Waals surface area (Å²) in [5, 5.41) is 3.57. The van der Waals surface area contributed by atoms with Crippen LogP contribution in [-0.4, -0.2) is 13.1 Å². The summed E-state index contributed by atoms with van der Waals surface area (Å²) in [5.74, 6) is 0.741. The van der Waals surface area contributed by atoms with Crippen LogP contribution < -0.4 is 5.32 Å². The molecule has 1 nitrogen and oxygen atoms in total. The highest BCUT2D eigenvalue weighted by atomic mass is 14.9. The molecule has 0 saturated heterocycles.